The van der Waals surface area contributed by atoms with Crippen LogP contribution in [0.2, 0.25) is 0 Å². The molecule has 27 heavy (non-hydrogen) atoms. The second-order valence-electron chi connectivity index (χ2n) is 6.39. The van der Waals surface area contributed by atoms with E-state index in [-0.39, 0.29) is 5.56 Å². The smallest absolute Gasteiger partial charge is 0.267 e. The van der Waals surface area contributed by atoms with Crippen LogP contribution in [0.25, 0.3) is 31.4 Å². The predicted octanol–water partition coefficient (Wildman–Crippen LogP) is 4.72. The first-order valence-corrected chi connectivity index (χ1v) is 9.51. The highest BCUT2D eigenvalue weighted by molar-refractivity contribution is 7.21. The van der Waals surface area contributed by atoms with Crippen molar-refractivity contribution in [1.29, 1.82) is 0 Å². The number of rotatable bonds is 3. The molecule has 0 amide bonds. The van der Waals surface area contributed by atoms with Crippen LogP contribution in [0.15, 0.2) is 83.7 Å². The second-order valence-corrected chi connectivity index (χ2v) is 7.42. The molecule has 0 spiro atoms. The van der Waals surface area contributed by atoms with Gasteiger partial charge in [0, 0.05) is 4.88 Å². The van der Waals surface area contributed by atoms with Gasteiger partial charge in [-0.1, -0.05) is 78.0 Å². The molecule has 0 saturated heterocycles. The summed E-state index contributed by atoms with van der Waals surface area (Å²) in [6.07, 6.45) is 0. The molecule has 3 aromatic carbocycles. The molecule has 0 N–H and O–H groups in total. The Hall–Kier alpha value is -3.31. The van der Waals surface area contributed by atoms with Crippen LogP contribution in [0.1, 0.15) is 5.56 Å². The Morgan fingerprint density at radius 1 is 0.852 bits per heavy atom. The molecule has 0 aliphatic rings. The number of nitrogens with zero attached hydrogens (tertiary/aromatic N) is 3. The van der Waals surface area contributed by atoms with E-state index in [2.05, 4.69) is 28.5 Å². The standard InChI is InChI=1S/C22H15N3OS/c26-22-19-13-20(16-8-2-1-3-9-16)27-21(19)23-24-25(22)14-17-11-6-10-15-7-4-5-12-18(15)17/h1-13H,14H2. The average molecular weight is 369 g/mol. The van der Waals surface area contributed by atoms with Gasteiger partial charge in [0.2, 0.25) is 0 Å². The summed E-state index contributed by atoms with van der Waals surface area (Å²) in [5.74, 6) is 0. The van der Waals surface area contributed by atoms with Gasteiger partial charge < -0.3 is 0 Å². The summed E-state index contributed by atoms with van der Waals surface area (Å²) >= 11 is 1.50. The highest BCUT2D eigenvalue weighted by atomic mass is 32.1. The Morgan fingerprint density at radius 3 is 2.52 bits per heavy atom. The minimum Gasteiger partial charge on any atom is -0.267 e. The maximum absolute atomic E-state index is 13.0. The largest absolute Gasteiger partial charge is 0.278 e. The van der Waals surface area contributed by atoms with Gasteiger partial charge in [-0.15, -0.1) is 16.4 Å². The molecule has 2 aromatic heterocycles. The fourth-order valence-electron chi connectivity index (χ4n) is 3.32. The van der Waals surface area contributed by atoms with Crippen molar-refractivity contribution >= 4 is 32.3 Å². The molecule has 130 valence electrons. The lowest BCUT2D eigenvalue weighted by Gasteiger charge is -2.07. The molecule has 0 saturated carbocycles. The molecule has 0 bridgehead atoms. The van der Waals surface area contributed by atoms with Crippen LogP contribution in [0, 0.1) is 0 Å². The first-order valence-electron chi connectivity index (χ1n) is 8.69. The van der Waals surface area contributed by atoms with Crippen LogP contribution in [-0.2, 0) is 6.54 Å². The fourth-order valence-corrected chi connectivity index (χ4v) is 4.30. The van der Waals surface area contributed by atoms with Crippen molar-refractivity contribution in [2.24, 2.45) is 0 Å². The quantitative estimate of drug-likeness (QED) is 0.462. The van der Waals surface area contributed by atoms with E-state index in [9.17, 15) is 4.79 Å². The minimum absolute atomic E-state index is 0.105. The molecule has 2 heterocycles. The number of thiophene rings is 1. The van der Waals surface area contributed by atoms with Gasteiger partial charge in [0.1, 0.15) is 0 Å². The van der Waals surface area contributed by atoms with Gasteiger partial charge in [-0.2, -0.15) is 0 Å². The Labute approximate surface area is 159 Å². The first kappa shape index (κ1) is 15.9. The Balaban J connectivity index is 1.60. The van der Waals surface area contributed by atoms with Crippen LogP contribution in [0.5, 0.6) is 0 Å². The summed E-state index contributed by atoms with van der Waals surface area (Å²) in [7, 11) is 0. The first-order chi connectivity index (χ1) is 13.3. The SMILES string of the molecule is O=c1c2cc(-c3ccccc3)sc2nnn1Cc1cccc2ccccc12. The van der Waals surface area contributed by atoms with Crippen molar-refractivity contribution in [3.63, 3.8) is 0 Å². The summed E-state index contributed by atoms with van der Waals surface area (Å²) < 4.78 is 1.45. The summed E-state index contributed by atoms with van der Waals surface area (Å²) in [6, 6.07) is 26.2. The molecule has 0 radical (unpaired) electrons. The van der Waals surface area contributed by atoms with E-state index in [1.807, 2.05) is 60.7 Å². The molecule has 0 aliphatic carbocycles. The highest BCUT2D eigenvalue weighted by Gasteiger charge is 2.12. The Kier molecular flexibility index (Phi) is 3.80. The third-order valence-electron chi connectivity index (χ3n) is 4.68. The lowest BCUT2D eigenvalue weighted by Crippen LogP contribution is -2.24. The van der Waals surface area contributed by atoms with Gasteiger partial charge in [-0.3, -0.25) is 4.79 Å². The molecule has 5 aromatic rings. The normalized spacial score (nSPS) is 11.3. The van der Waals surface area contributed by atoms with Crippen LogP contribution >= 0.6 is 11.3 Å². The molecule has 0 aliphatic heterocycles. The Bertz CT molecular complexity index is 1320. The van der Waals surface area contributed by atoms with Crippen molar-refractivity contribution in [3.8, 4) is 10.4 Å². The van der Waals surface area contributed by atoms with E-state index in [1.165, 1.54) is 16.0 Å². The number of benzene rings is 3. The zero-order chi connectivity index (χ0) is 18.2. The predicted molar refractivity (Wildman–Crippen MR) is 110 cm³/mol. The molecule has 0 atom stereocenters. The summed E-state index contributed by atoms with van der Waals surface area (Å²) in [4.78, 5) is 14.7. The van der Waals surface area contributed by atoms with Crippen LogP contribution in [0.4, 0.5) is 0 Å². The molecular formula is C22H15N3OS. The van der Waals surface area contributed by atoms with E-state index in [4.69, 9.17) is 0 Å². The molecule has 0 unspecified atom stereocenters. The third-order valence-corrected chi connectivity index (χ3v) is 5.75. The average Bonchev–Trinajstić information content (AvgIpc) is 3.16. The van der Waals surface area contributed by atoms with E-state index >= 15 is 0 Å². The summed E-state index contributed by atoms with van der Waals surface area (Å²) in [5, 5.41) is 11.4. The topological polar surface area (TPSA) is 47.8 Å². The maximum Gasteiger partial charge on any atom is 0.278 e. The van der Waals surface area contributed by atoms with E-state index in [0.717, 1.165) is 26.8 Å². The number of hydrogen-bond acceptors (Lipinski definition) is 4. The molecule has 5 heteroatoms. The number of fused-ring (bicyclic) bond motifs is 2. The molecule has 4 nitrogen and oxygen atoms in total. The number of hydrogen-bond donors (Lipinski definition) is 0. The molecule has 0 fully saturated rings. The third kappa shape index (κ3) is 2.82. The molecular weight excluding hydrogens is 354 g/mol. The Morgan fingerprint density at radius 2 is 1.63 bits per heavy atom. The minimum atomic E-state index is -0.105. The van der Waals surface area contributed by atoms with E-state index in [1.54, 1.807) is 0 Å². The van der Waals surface area contributed by atoms with E-state index < -0.39 is 0 Å². The van der Waals surface area contributed by atoms with Crippen molar-refractivity contribution in [3.05, 3.63) is 94.8 Å². The monoisotopic (exact) mass is 369 g/mol. The zero-order valence-corrected chi connectivity index (χ0v) is 15.2. The van der Waals surface area contributed by atoms with E-state index in [0.29, 0.717) is 16.8 Å². The van der Waals surface area contributed by atoms with Crippen LogP contribution in [-0.4, -0.2) is 15.0 Å². The maximum atomic E-state index is 13.0. The van der Waals surface area contributed by atoms with Crippen molar-refractivity contribution in [2.75, 3.05) is 0 Å². The fraction of sp³-hybridized carbons (Fsp3) is 0.0455. The summed E-state index contributed by atoms with van der Waals surface area (Å²) in [5.41, 5.74) is 2.04. The van der Waals surface area contributed by atoms with Crippen LogP contribution in [0.3, 0.4) is 0 Å². The van der Waals surface area contributed by atoms with Crippen molar-refractivity contribution in [2.45, 2.75) is 6.54 Å². The lowest BCUT2D eigenvalue weighted by atomic mass is 10.0. The highest BCUT2D eigenvalue weighted by Crippen LogP contribution is 2.30. The number of aromatic nitrogens is 3. The van der Waals surface area contributed by atoms with Gasteiger partial charge in [-0.25, -0.2) is 4.68 Å². The van der Waals surface area contributed by atoms with Gasteiger partial charge in [0.05, 0.1) is 11.9 Å². The van der Waals surface area contributed by atoms with Gasteiger partial charge in [0.15, 0.2) is 4.83 Å². The lowest BCUT2D eigenvalue weighted by molar-refractivity contribution is 0.604. The zero-order valence-electron chi connectivity index (χ0n) is 14.4. The van der Waals surface area contributed by atoms with Crippen LogP contribution < -0.4 is 5.56 Å². The van der Waals surface area contributed by atoms with Crippen molar-refractivity contribution < 1.29 is 0 Å². The van der Waals surface area contributed by atoms with Gasteiger partial charge in [0.25, 0.3) is 5.56 Å². The van der Waals surface area contributed by atoms with Crippen molar-refractivity contribution in [1.82, 2.24) is 15.0 Å². The second kappa shape index (κ2) is 6.45. The summed E-state index contributed by atoms with van der Waals surface area (Å²) in [6.45, 7) is 0.402. The van der Waals surface area contributed by atoms with Gasteiger partial charge >= 0.3 is 0 Å². The molecule has 5 rings (SSSR count). The van der Waals surface area contributed by atoms with Gasteiger partial charge in [-0.05, 0) is 28.0 Å².